The van der Waals surface area contributed by atoms with Crippen molar-refractivity contribution in [2.24, 2.45) is 0 Å². The van der Waals surface area contributed by atoms with Gasteiger partial charge in [-0.05, 0) is 46.7 Å². The summed E-state index contributed by atoms with van der Waals surface area (Å²) >= 11 is 17.9. The number of H-pyrrole nitrogens is 1. The number of aromatic nitrogens is 1. The number of hydrogen-bond donors (Lipinski definition) is 2. The minimum Gasteiger partial charge on any atom is -0.322 e. The summed E-state index contributed by atoms with van der Waals surface area (Å²) in [6.45, 7) is 0. The third-order valence-corrected chi connectivity index (χ3v) is 5.65. The number of benzene rings is 3. The maximum absolute atomic E-state index is 12.5. The van der Waals surface area contributed by atoms with Crippen LogP contribution in [0.15, 0.2) is 71.5 Å². The first kappa shape index (κ1) is 19.5. The lowest BCUT2D eigenvalue weighted by molar-refractivity contribution is 0.102. The monoisotopic (exact) mass is 442 g/mol. The van der Waals surface area contributed by atoms with E-state index in [9.17, 15) is 9.59 Å². The Morgan fingerprint density at radius 1 is 0.828 bits per heavy atom. The van der Waals surface area contributed by atoms with Crippen molar-refractivity contribution in [2.45, 2.75) is 0 Å². The molecule has 1 amide bonds. The number of fused-ring (bicyclic) bond motifs is 1. The van der Waals surface area contributed by atoms with Gasteiger partial charge < -0.3 is 10.3 Å². The normalized spacial score (nSPS) is 10.9. The van der Waals surface area contributed by atoms with E-state index in [1.165, 1.54) is 18.2 Å². The van der Waals surface area contributed by atoms with Crippen molar-refractivity contribution in [1.29, 1.82) is 0 Å². The molecule has 4 aromatic rings. The first-order valence-electron chi connectivity index (χ1n) is 8.61. The highest BCUT2D eigenvalue weighted by Gasteiger charge is 2.14. The molecule has 0 aliphatic heterocycles. The van der Waals surface area contributed by atoms with Crippen LogP contribution in [-0.2, 0) is 0 Å². The van der Waals surface area contributed by atoms with Gasteiger partial charge in [-0.1, -0.05) is 71.2 Å². The Morgan fingerprint density at radius 3 is 2.21 bits per heavy atom. The first-order valence-corrected chi connectivity index (χ1v) is 9.74. The van der Waals surface area contributed by atoms with Crippen LogP contribution in [0, 0.1) is 0 Å². The topological polar surface area (TPSA) is 62.0 Å². The van der Waals surface area contributed by atoms with Gasteiger partial charge in [0, 0.05) is 11.4 Å². The van der Waals surface area contributed by atoms with Crippen LogP contribution >= 0.6 is 34.8 Å². The van der Waals surface area contributed by atoms with E-state index >= 15 is 0 Å². The van der Waals surface area contributed by atoms with E-state index in [1.807, 2.05) is 42.5 Å². The minimum atomic E-state index is -0.578. The van der Waals surface area contributed by atoms with Crippen LogP contribution in [-0.4, -0.2) is 10.9 Å². The zero-order valence-corrected chi connectivity index (χ0v) is 17.1. The fourth-order valence-corrected chi connectivity index (χ4v) is 3.60. The van der Waals surface area contributed by atoms with Gasteiger partial charge in [0.15, 0.2) is 0 Å². The second-order valence-corrected chi connectivity index (χ2v) is 7.58. The molecule has 0 aliphatic rings. The Kier molecular flexibility index (Phi) is 5.33. The van der Waals surface area contributed by atoms with Crippen molar-refractivity contribution in [3.8, 4) is 11.3 Å². The summed E-state index contributed by atoms with van der Waals surface area (Å²) in [6.07, 6.45) is 0. The molecule has 29 heavy (non-hydrogen) atoms. The number of carbonyl (C=O) groups excluding carboxylic acids is 1. The van der Waals surface area contributed by atoms with Crippen LogP contribution in [0.3, 0.4) is 0 Å². The summed E-state index contributed by atoms with van der Waals surface area (Å²) in [5, 5.41) is 5.38. The Bertz CT molecular complexity index is 1290. The fraction of sp³-hybridized carbons (Fsp3) is 0. The average Bonchev–Trinajstić information content (AvgIpc) is 2.71. The van der Waals surface area contributed by atoms with Gasteiger partial charge >= 0.3 is 0 Å². The highest BCUT2D eigenvalue weighted by Crippen LogP contribution is 2.33. The lowest BCUT2D eigenvalue weighted by atomic mass is 10.0. The molecule has 0 radical (unpaired) electrons. The van der Waals surface area contributed by atoms with E-state index in [2.05, 4.69) is 10.3 Å². The average molecular weight is 444 g/mol. The van der Waals surface area contributed by atoms with Crippen LogP contribution in [0.4, 0.5) is 5.69 Å². The number of pyridine rings is 1. The largest absolute Gasteiger partial charge is 0.322 e. The Morgan fingerprint density at radius 2 is 1.52 bits per heavy atom. The molecule has 0 atom stereocenters. The number of aromatic amines is 1. The number of carbonyl (C=O) groups is 1. The summed E-state index contributed by atoms with van der Waals surface area (Å²) in [4.78, 5) is 27.8. The first-order chi connectivity index (χ1) is 13.9. The van der Waals surface area contributed by atoms with Crippen LogP contribution in [0.1, 0.15) is 10.4 Å². The van der Waals surface area contributed by atoms with E-state index < -0.39 is 11.5 Å². The molecular formula is C22H13Cl3N2O2. The van der Waals surface area contributed by atoms with E-state index in [0.29, 0.717) is 11.4 Å². The van der Waals surface area contributed by atoms with Gasteiger partial charge in [-0.3, -0.25) is 9.59 Å². The Labute approximate surface area is 181 Å². The zero-order chi connectivity index (χ0) is 20.5. The number of anilines is 1. The van der Waals surface area contributed by atoms with E-state index in [0.717, 1.165) is 16.3 Å². The van der Waals surface area contributed by atoms with Crippen LogP contribution in [0.2, 0.25) is 15.1 Å². The number of hydrogen-bond acceptors (Lipinski definition) is 2. The summed E-state index contributed by atoms with van der Waals surface area (Å²) in [6, 6.07) is 19.9. The third kappa shape index (κ3) is 4.01. The number of amides is 1. The highest BCUT2D eigenvalue weighted by atomic mass is 35.5. The third-order valence-electron chi connectivity index (χ3n) is 4.46. The quantitative estimate of drug-likeness (QED) is 0.359. The van der Waals surface area contributed by atoms with Crippen LogP contribution < -0.4 is 10.9 Å². The molecule has 0 saturated heterocycles. The lowest BCUT2D eigenvalue weighted by Crippen LogP contribution is -2.23. The molecule has 1 heterocycles. The van der Waals surface area contributed by atoms with E-state index in [4.69, 9.17) is 34.8 Å². The number of halogens is 3. The number of nitrogens with one attached hydrogen (secondary N) is 2. The molecule has 2 N–H and O–H groups in total. The summed E-state index contributed by atoms with van der Waals surface area (Å²) < 4.78 is 0. The molecule has 0 saturated carbocycles. The SMILES string of the molecule is O=C(Nc1cc(Cl)c(Cl)c(Cl)c1)c1ccc(-c2ccc3ccccc3c2)[nH]c1=O. The molecule has 7 heteroatoms. The van der Waals surface area contributed by atoms with Crippen molar-refractivity contribution in [1.82, 2.24) is 4.98 Å². The van der Waals surface area contributed by atoms with Crippen LogP contribution in [0.5, 0.6) is 0 Å². The van der Waals surface area contributed by atoms with Gasteiger partial charge in [-0.2, -0.15) is 0 Å². The van der Waals surface area contributed by atoms with Gasteiger partial charge in [0.05, 0.1) is 15.1 Å². The zero-order valence-electron chi connectivity index (χ0n) is 14.8. The molecule has 0 aliphatic carbocycles. The Balaban J connectivity index is 1.62. The molecular weight excluding hydrogens is 431 g/mol. The minimum absolute atomic E-state index is 0.0308. The van der Waals surface area contributed by atoms with Gasteiger partial charge in [0.25, 0.3) is 11.5 Å². The van der Waals surface area contributed by atoms with Crippen molar-refractivity contribution < 1.29 is 4.79 Å². The maximum Gasteiger partial charge on any atom is 0.261 e. The number of rotatable bonds is 3. The lowest BCUT2D eigenvalue weighted by Gasteiger charge is -2.09. The molecule has 3 aromatic carbocycles. The molecule has 4 nitrogen and oxygen atoms in total. The van der Waals surface area contributed by atoms with Gasteiger partial charge in [-0.15, -0.1) is 0 Å². The Hall–Kier alpha value is -2.79. The molecule has 0 unspecified atom stereocenters. The smallest absolute Gasteiger partial charge is 0.261 e. The predicted molar refractivity (Wildman–Crippen MR) is 119 cm³/mol. The van der Waals surface area contributed by atoms with Crippen molar-refractivity contribution >= 4 is 57.2 Å². The fourth-order valence-electron chi connectivity index (χ4n) is 3.00. The molecule has 0 fully saturated rings. The van der Waals surface area contributed by atoms with Gasteiger partial charge in [0.2, 0.25) is 0 Å². The van der Waals surface area contributed by atoms with Crippen molar-refractivity contribution in [3.05, 3.63) is 97.7 Å². The molecule has 1 aromatic heterocycles. The van der Waals surface area contributed by atoms with Crippen LogP contribution in [0.25, 0.3) is 22.0 Å². The second kappa shape index (κ2) is 7.91. The highest BCUT2D eigenvalue weighted by molar-refractivity contribution is 6.48. The maximum atomic E-state index is 12.5. The predicted octanol–water partition coefficient (Wildman–Crippen LogP) is 6.41. The summed E-state index contributed by atoms with van der Waals surface area (Å²) in [5.74, 6) is -0.578. The molecule has 0 bridgehead atoms. The summed E-state index contributed by atoms with van der Waals surface area (Å²) in [5.41, 5.74) is 1.28. The van der Waals surface area contributed by atoms with Crippen molar-refractivity contribution in [2.75, 3.05) is 5.32 Å². The van der Waals surface area contributed by atoms with E-state index in [1.54, 1.807) is 6.07 Å². The summed E-state index contributed by atoms with van der Waals surface area (Å²) in [7, 11) is 0. The van der Waals surface area contributed by atoms with Gasteiger partial charge in [-0.25, -0.2) is 0 Å². The molecule has 0 spiro atoms. The van der Waals surface area contributed by atoms with Crippen molar-refractivity contribution in [3.63, 3.8) is 0 Å². The van der Waals surface area contributed by atoms with E-state index in [-0.39, 0.29) is 20.6 Å². The molecule has 4 rings (SSSR count). The second-order valence-electron chi connectivity index (χ2n) is 6.38. The standard InChI is InChI=1S/C22H13Cl3N2O2/c23-17-10-15(11-18(24)20(17)25)26-21(28)16-7-8-19(27-22(16)29)14-6-5-12-3-1-2-4-13(12)9-14/h1-11H,(H,26,28)(H,27,29). The van der Waals surface area contributed by atoms with Gasteiger partial charge in [0.1, 0.15) is 5.56 Å². The molecule has 144 valence electrons.